The molecular weight excluding hydrogens is 396 g/mol. The minimum Gasteiger partial charge on any atom is -0.442 e. The molecule has 0 N–H and O–H groups in total. The van der Waals surface area contributed by atoms with Gasteiger partial charge >= 0.3 is 0 Å². The van der Waals surface area contributed by atoms with Crippen LogP contribution in [0.5, 0.6) is 0 Å². The van der Waals surface area contributed by atoms with Crippen molar-refractivity contribution in [1.82, 2.24) is 19.4 Å². The molecule has 3 aromatic rings. The van der Waals surface area contributed by atoms with Crippen LogP contribution in [-0.4, -0.2) is 65.2 Å². The molecule has 1 saturated heterocycles. The van der Waals surface area contributed by atoms with Crippen molar-refractivity contribution in [3.8, 4) is 0 Å². The number of rotatable bonds is 6. The molecule has 1 fully saturated rings. The molecule has 0 unspecified atom stereocenters. The molecule has 0 atom stereocenters. The van der Waals surface area contributed by atoms with Gasteiger partial charge in [-0.1, -0.05) is 29.8 Å². The van der Waals surface area contributed by atoms with E-state index in [0.29, 0.717) is 37.6 Å². The average molecular weight is 425 g/mol. The first kappa shape index (κ1) is 21.3. The van der Waals surface area contributed by atoms with E-state index in [1.54, 1.807) is 18.9 Å². The average Bonchev–Trinajstić information content (AvgIpc) is 3.11. The highest BCUT2D eigenvalue weighted by atomic mass is 16.5. The third-order valence-electron chi connectivity index (χ3n) is 5.79. The van der Waals surface area contributed by atoms with Crippen LogP contribution in [0.15, 0.2) is 39.8 Å². The lowest BCUT2D eigenvalue weighted by molar-refractivity contribution is 0.0628. The number of carbonyl (C=O) groups excluding carboxylic acids is 1. The lowest BCUT2D eigenvalue weighted by Crippen LogP contribution is -2.48. The fourth-order valence-corrected chi connectivity index (χ4v) is 3.96. The third-order valence-corrected chi connectivity index (χ3v) is 5.79. The van der Waals surface area contributed by atoms with Crippen molar-refractivity contribution in [2.45, 2.75) is 26.9 Å². The summed E-state index contributed by atoms with van der Waals surface area (Å²) in [7, 11) is 1.58. The van der Waals surface area contributed by atoms with Gasteiger partial charge in [0.15, 0.2) is 0 Å². The van der Waals surface area contributed by atoms with Crippen molar-refractivity contribution < 1.29 is 13.9 Å². The zero-order chi connectivity index (χ0) is 22.0. The van der Waals surface area contributed by atoms with Crippen LogP contribution in [0, 0.1) is 13.8 Å². The summed E-state index contributed by atoms with van der Waals surface area (Å²) in [4.78, 5) is 34.7. The number of hydrogen-bond donors (Lipinski definition) is 0. The molecule has 3 heterocycles. The first-order valence-electron chi connectivity index (χ1n) is 10.5. The predicted octanol–water partition coefficient (Wildman–Crippen LogP) is 2.21. The highest BCUT2D eigenvalue weighted by Crippen LogP contribution is 2.23. The lowest BCUT2D eigenvalue weighted by Gasteiger charge is -2.34. The molecule has 164 valence electrons. The second-order valence-electron chi connectivity index (χ2n) is 8.00. The lowest BCUT2D eigenvalue weighted by atomic mass is 10.1. The largest absolute Gasteiger partial charge is 0.442 e. The second-order valence-corrected chi connectivity index (χ2v) is 8.00. The molecule has 0 radical (unpaired) electrons. The highest BCUT2D eigenvalue weighted by molar-refractivity contribution is 6.06. The fourth-order valence-electron chi connectivity index (χ4n) is 3.96. The van der Waals surface area contributed by atoms with Gasteiger partial charge < -0.3 is 14.1 Å². The van der Waals surface area contributed by atoms with E-state index in [2.05, 4.69) is 41.1 Å². The summed E-state index contributed by atoms with van der Waals surface area (Å²) < 4.78 is 12.2. The minimum atomic E-state index is -0.278. The van der Waals surface area contributed by atoms with Crippen LogP contribution in [0.25, 0.3) is 11.1 Å². The molecule has 2 aromatic heterocycles. The smallest absolute Gasteiger partial charge is 0.265 e. The summed E-state index contributed by atoms with van der Waals surface area (Å²) in [5.41, 5.74) is 2.77. The molecule has 8 nitrogen and oxygen atoms in total. The van der Waals surface area contributed by atoms with Crippen LogP contribution < -0.4 is 5.56 Å². The van der Waals surface area contributed by atoms with Crippen molar-refractivity contribution in [3.05, 3.63) is 63.4 Å². The van der Waals surface area contributed by atoms with Crippen LogP contribution in [0.1, 0.15) is 27.2 Å². The van der Waals surface area contributed by atoms with Gasteiger partial charge in [0.1, 0.15) is 17.5 Å². The number of fused-ring (bicyclic) bond motifs is 1. The SMILES string of the molecule is COCCn1cnc2oc(C)c(C(=O)N3CCN(Cc4ccc(C)cc4)CC3)c2c1=O. The number of furan rings is 1. The number of benzene rings is 1. The molecule has 0 saturated carbocycles. The van der Waals surface area contributed by atoms with Crippen LogP contribution in [0.4, 0.5) is 0 Å². The second kappa shape index (κ2) is 9.03. The van der Waals surface area contributed by atoms with Crippen molar-refractivity contribution in [1.29, 1.82) is 0 Å². The number of aromatic nitrogens is 2. The van der Waals surface area contributed by atoms with E-state index in [1.807, 2.05) is 0 Å². The van der Waals surface area contributed by atoms with Gasteiger partial charge in [-0.25, -0.2) is 4.98 Å². The molecule has 1 aromatic carbocycles. The van der Waals surface area contributed by atoms with Gasteiger partial charge in [0.2, 0.25) is 5.71 Å². The van der Waals surface area contributed by atoms with Gasteiger partial charge in [-0.15, -0.1) is 0 Å². The zero-order valence-electron chi connectivity index (χ0n) is 18.3. The summed E-state index contributed by atoms with van der Waals surface area (Å²) in [5, 5.41) is 0.253. The Morgan fingerprint density at radius 3 is 2.52 bits per heavy atom. The summed E-state index contributed by atoms with van der Waals surface area (Å²) in [6.07, 6.45) is 1.44. The summed E-state index contributed by atoms with van der Waals surface area (Å²) in [5.74, 6) is 0.255. The van der Waals surface area contributed by atoms with E-state index >= 15 is 0 Å². The molecule has 0 aliphatic carbocycles. The first-order valence-corrected chi connectivity index (χ1v) is 10.5. The van der Waals surface area contributed by atoms with Crippen LogP contribution in [0.3, 0.4) is 0 Å². The Morgan fingerprint density at radius 2 is 1.84 bits per heavy atom. The Balaban J connectivity index is 1.50. The predicted molar refractivity (Wildman–Crippen MR) is 117 cm³/mol. The number of aryl methyl sites for hydroxylation is 2. The van der Waals surface area contributed by atoms with Crippen molar-refractivity contribution >= 4 is 17.0 Å². The van der Waals surface area contributed by atoms with E-state index in [4.69, 9.17) is 9.15 Å². The molecule has 1 aliphatic heterocycles. The van der Waals surface area contributed by atoms with Gasteiger partial charge in [-0.2, -0.15) is 0 Å². The quantitative estimate of drug-likeness (QED) is 0.604. The zero-order valence-corrected chi connectivity index (χ0v) is 18.3. The number of ether oxygens (including phenoxy) is 1. The van der Waals surface area contributed by atoms with Crippen LogP contribution in [0.2, 0.25) is 0 Å². The molecule has 1 aliphatic rings. The van der Waals surface area contributed by atoms with E-state index < -0.39 is 0 Å². The standard InChI is InChI=1S/C23H28N4O4/c1-16-4-6-18(7-5-16)14-25-8-10-26(11-9-25)22(28)19-17(2)31-21-20(19)23(29)27(15-24-21)12-13-30-3/h4-7,15H,8-14H2,1-3H3. The molecule has 0 spiro atoms. The summed E-state index contributed by atoms with van der Waals surface area (Å²) in [6.45, 7) is 8.19. The molecule has 8 heteroatoms. The van der Waals surface area contributed by atoms with E-state index in [0.717, 1.165) is 19.6 Å². The van der Waals surface area contributed by atoms with Crippen molar-refractivity contribution in [2.75, 3.05) is 39.9 Å². The summed E-state index contributed by atoms with van der Waals surface area (Å²) in [6, 6.07) is 8.54. The van der Waals surface area contributed by atoms with Crippen LogP contribution in [-0.2, 0) is 17.8 Å². The monoisotopic (exact) mass is 424 g/mol. The van der Waals surface area contributed by atoms with Crippen molar-refractivity contribution in [2.24, 2.45) is 0 Å². The number of methoxy groups -OCH3 is 1. The van der Waals surface area contributed by atoms with Gasteiger partial charge in [0.25, 0.3) is 11.5 Å². The van der Waals surface area contributed by atoms with Gasteiger partial charge in [0.05, 0.1) is 18.7 Å². The van der Waals surface area contributed by atoms with E-state index in [-0.39, 0.29) is 22.6 Å². The Kier molecular flexibility index (Phi) is 6.20. The van der Waals surface area contributed by atoms with Gasteiger partial charge in [-0.3, -0.25) is 19.1 Å². The maximum atomic E-state index is 13.3. The topological polar surface area (TPSA) is 80.8 Å². The molecule has 1 amide bonds. The van der Waals surface area contributed by atoms with Crippen LogP contribution >= 0.6 is 0 Å². The Bertz CT molecular complexity index is 1120. The van der Waals surface area contributed by atoms with Gasteiger partial charge in [-0.05, 0) is 19.4 Å². The molecule has 0 bridgehead atoms. The fraction of sp³-hybridized carbons (Fsp3) is 0.435. The first-order chi connectivity index (χ1) is 15.0. The van der Waals surface area contributed by atoms with Crippen molar-refractivity contribution in [3.63, 3.8) is 0 Å². The van der Waals surface area contributed by atoms with Gasteiger partial charge in [0, 0.05) is 39.8 Å². The third kappa shape index (κ3) is 4.40. The molecular formula is C23H28N4O4. The highest BCUT2D eigenvalue weighted by Gasteiger charge is 2.29. The number of piperazine rings is 1. The van der Waals surface area contributed by atoms with E-state index in [9.17, 15) is 9.59 Å². The minimum absolute atomic E-state index is 0.172. The number of nitrogens with zero attached hydrogens (tertiary/aromatic N) is 4. The number of carbonyl (C=O) groups is 1. The molecule has 4 rings (SSSR count). The molecule has 31 heavy (non-hydrogen) atoms. The number of amides is 1. The summed E-state index contributed by atoms with van der Waals surface area (Å²) >= 11 is 0. The maximum absolute atomic E-state index is 13.3. The maximum Gasteiger partial charge on any atom is 0.265 e. The Morgan fingerprint density at radius 1 is 1.13 bits per heavy atom. The number of hydrogen-bond acceptors (Lipinski definition) is 6. The Labute approximate surface area is 181 Å². The van der Waals surface area contributed by atoms with E-state index in [1.165, 1.54) is 22.0 Å². The normalized spacial score (nSPS) is 15.0. The Hall–Kier alpha value is -2.97.